The highest BCUT2D eigenvalue weighted by Crippen LogP contribution is 2.44. The van der Waals surface area contributed by atoms with E-state index in [1.807, 2.05) is 12.1 Å². The molecule has 0 aliphatic carbocycles. The van der Waals surface area contributed by atoms with Crippen LogP contribution in [0.5, 0.6) is 17.2 Å². The van der Waals surface area contributed by atoms with Gasteiger partial charge >= 0.3 is 0 Å². The number of anilines is 1. The van der Waals surface area contributed by atoms with Gasteiger partial charge in [-0.3, -0.25) is 0 Å². The SMILES string of the molecule is COc1cc2nc(NN)c(C(C)C)cc2c(OC)c1OC. The summed E-state index contributed by atoms with van der Waals surface area (Å²) < 4.78 is 16.3. The number of nitrogens with one attached hydrogen (secondary N) is 1. The Morgan fingerprint density at radius 1 is 1.05 bits per heavy atom. The van der Waals surface area contributed by atoms with Crippen molar-refractivity contribution in [1.29, 1.82) is 0 Å². The lowest BCUT2D eigenvalue weighted by Crippen LogP contribution is -2.12. The average Bonchev–Trinajstić information content (AvgIpc) is 2.50. The molecule has 0 amide bonds. The highest BCUT2D eigenvalue weighted by atomic mass is 16.5. The molecule has 6 heteroatoms. The van der Waals surface area contributed by atoms with Crippen LogP contribution in [0.2, 0.25) is 0 Å². The Balaban J connectivity index is 2.86. The van der Waals surface area contributed by atoms with Gasteiger partial charge in [0.15, 0.2) is 11.5 Å². The molecule has 2 aromatic rings. The molecule has 1 heterocycles. The molecule has 0 aliphatic heterocycles. The van der Waals surface area contributed by atoms with Gasteiger partial charge in [-0.05, 0) is 17.5 Å². The van der Waals surface area contributed by atoms with E-state index >= 15 is 0 Å². The van der Waals surface area contributed by atoms with Crippen molar-refractivity contribution in [2.24, 2.45) is 5.84 Å². The number of pyridine rings is 1. The summed E-state index contributed by atoms with van der Waals surface area (Å²) in [6, 6.07) is 3.82. The van der Waals surface area contributed by atoms with Crippen LogP contribution in [0.3, 0.4) is 0 Å². The largest absolute Gasteiger partial charge is 0.493 e. The van der Waals surface area contributed by atoms with E-state index in [4.69, 9.17) is 20.1 Å². The second kappa shape index (κ2) is 6.05. The summed E-state index contributed by atoms with van der Waals surface area (Å²) in [4.78, 5) is 4.56. The van der Waals surface area contributed by atoms with Crippen molar-refractivity contribution in [3.63, 3.8) is 0 Å². The first-order valence-electron chi connectivity index (χ1n) is 6.67. The minimum Gasteiger partial charge on any atom is -0.493 e. The molecule has 114 valence electrons. The lowest BCUT2D eigenvalue weighted by atomic mass is 10.0. The molecule has 1 aromatic carbocycles. The molecule has 3 N–H and O–H groups in total. The lowest BCUT2D eigenvalue weighted by Gasteiger charge is -2.17. The van der Waals surface area contributed by atoms with E-state index in [1.165, 1.54) is 0 Å². The van der Waals surface area contributed by atoms with Crippen LogP contribution in [0.25, 0.3) is 10.9 Å². The maximum atomic E-state index is 5.58. The average molecular weight is 291 g/mol. The molecule has 0 fully saturated rings. The normalized spacial score (nSPS) is 10.8. The van der Waals surface area contributed by atoms with Crippen LogP contribution in [0.4, 0.5) is 5.82 Å². The van der Waals surface area contributed by atoms with Gasteiger partial charge in [-0.25, -0.2) is 10.8 Å². The summed E-state index contributed by atoms with van der Waals surface area (Å²) in [5, 5.41) is 0.859. The zero-order valence-electron chi connectivity index (χ0n) is 13.0. The zero-order chi connectivity index (χ0) is 15.6. The molecule has 0 bridgehead atoms. The summed E-state index contributed by atoms with van der Waals surface area (Å²) in [7, 11) is 4.76. The van der Waals surface area contributed by atoms with Crippen molar-refractivity contribution in [3.05, 3.63) is 17.7 Å². The van der Waals surface area contributed by atoms with Crippen LogP contribution < -0.4 is 25.5 Å². The molecule has 2 rings (SSSR count). The number of hydrogen-bond acceptors (Lipinski definition) is 6. The quantitative estimate of drug-likeness (QED) is 0.651. The molecule has 0 saturated heterocycles. The fraction of sp³-hybridized carbons (Fsp3) is 0.400. The third kappa shape index (κ3) is 2.54. The third-order valence-corrected chi connectivity index (χ3v) is 3.41. The maximum absolute atomic E-state index is 5.58. The van der Waals surface area contributed by atoms with Gasteiger partial charge in [-0.15, -0.1) is 0 Å². The number of hydrazine groups is 1. The van der Waals surface area contributed by atoms with Crippen LogP contribution in [-0.2, 0) is 0 Å². The molecular formula is C15H21N3O3. The monoisotopic (exact) mass is 291 g/mol. The number of benzene rings is 1. The molecule has 0 spiro atoms. The van der Waals surface area contributed by atoms with Gasteiger partial charge in [0, 0.05) is 11.5 Å². The van der Waals surface area contributed by atoms with Crippen LogP contribution in [0.1, 0.15) is 25.3 Å². The van der Waals surface area contributed by atoms with E-state index in [0.29, 0.717) is 23.1 Å². The molecule has 0 saturated carbocycles. The minimum absolute atomic E-state index is 0.269. The van der Waals surface area contributed by atoms with E-state index in [0.717, 1.165) is 16.5 Å². The summed E-state index contributed by atoms with van der Waals surface area (Å²) in [5.41, 5.74) is 4.38. The van der Waals surface area contributed by atoms with Crippen molar-refractivity contribution in [1.82, 2.24) is 4.98 Å². The molecular weight excluding hydrogens is 270 g/mol. The van der Waals surface area contributed by atoms with Crippen LogP contribution in [-0.4, -0.2) is 26.3 Å². The standard InChI is InChI=1S/C15H21N3O3/c1-8(2)9-6-10-11(17-15(9)18-16)7-12(19-3)14(21-5)13(10)20-4/h6-8H,16H2,1-5H3,(H,17,18). The van der Waals surface area contributed by atoms with Crippen molar-refractivity contribution < 1.29 is 14.2 Å². The summed E-state index contributed by atoms with van der Waals surface area (Å²) in [6.07, 6.45) is 0. The number of nitrogen functional groups attached to an aromatic ring is 1. The van der Waals surface area contributed by atoms with Crippen molar-refractivity contribution in [3.8, 4) is 17.2 Å². The fourth-order valence-corrected chi connectivity index (χ4v) is 2.36. The maximum Gasteiger partial charge on any atom is 0.204 e. The van der Waals surface area contributed by atoms with Crippen molar-refractivity contribution in [2.45, 2.75) is 19.8 Å². The van der Waals surface area contributed by atoms with Crippen LogP contribution in [0, 0.1) is 0 Å². The molecule has 0 atom stereocenters. The van der Waals surface area contributed by atoms with Crippen LogP contribution in [0.15, 0.2) is 12.1 Å². The van der Waals surface area contributed by atoms with E-state index in [2.05, 4.69) is 24.3 Å². The first kappa shape index (κ1) is 15.2. The first-order chi connectivity index (χ1) is 10.1. The first-order valence-corrected chi connectivity index (χ1v) is 6.67. The van der Waals surface area contributed by atoms with Crippen molar-refractivity contribution >= 4 is 16.7 Å². The van der Waals surface area contributed by atoms with E-state index in [9.17, 15) is 0 Å². The number of aromatic nitrogens is 1. The Hall–Kier alpha value is -2.21. The van der Waals surface area contributed by atoms with Gasteiger partial charge in [0.25, 0.3) is 0 Å². The Morgan fingerprint density at radius 3 is 2.19 bits per heavy atom. The Bertz CT molecular complexity index is 656. The van der Waals surface area contributed by atoms with Gasteiger partial charge in [-0.1, -0.05) is 13.8 Å². The molecule has 21 heavy (non-hydrogen) atoms. The molecule has 0 radical (unpaired) electrons. The van der Waals surface area contributed by atoms with Gasteiger partial charge in [0.2, 0.25) is 5.75 Å². The van der Waals surface area contributed by atoms with Gasteiger partial charge < -0.3 is 19.6 Å². The summed E-state index contributed by atoms with van der Waals surface area (Å²) >= 11 is 0. The Labute approximate surface area is 124 Å². The Kier molecular flexibility index (Phi) is 4.37. The van der Waals surface area contributed by atoms with Gasteiger partial charge in [0.1, 0.15) is 5.82 Å². The molecule has 1 aromatic heterocycles. The number of nitrogens with zero attached hydrogens (tertiary/aromatic N) is 1. The number of rotatable bonds is 5. The number of fused-ring (bicyclic) bond motifs is 1. The number of nitrogens with two attached hydrogens (primary N) is 1. The molecule has 0 unspecified atom stereocenters. The number of ether oxygens (including phenoxy) is 3. The molecule has 0 aliphatic rings. The highest BCUT2D eigenvalue weighted by molar-refractivity contribution is 5.92. The predicted molar refractivity (Wildman–Crippen MR) is 83.3 cm³/mol. The Morgan fingerprint density at radius 2 is 1.71 bits per heavy atom. The fourth-order valence-electron chi connectivity index (χ4n) is 2.36. The van der Waals surface area contributed by atoms with E-state index in [-0.39, 0.29) is 5.92 Å². The van der Waals surface area contributed by atoms with E-state index < -0.39 is 0 Å². The number of hydrogen-bond donors (Lipinski definition) is 2. The van der Waals surface area contributed by atoms with Gasteiger partial charge in [-0.2, -0.15) is 0 Å². The topological polar surface area (TPSA) is 78.6 Å². The third-order valence-electron chi connectivity index (χ3n) is 3.41. The smallest absolute Gasteiger partial charge is 0.204 e. The number of methoxy groups -OCH3 is 3. The summed E-state index contributed by atoms with van der Waals surface area (Å²) in [6.45, 7) is 4.16. The van der Waals surface area contributed by atoms with Crippen LogP contribution >= 0.6 is 0 Å². The highest BCUT2D eigenvalue weighted by Gasteiger charge is 2.19. The predicted octanol–water partition coefficient (Wildman–Crippen LogP) is 2.67. The van der Waals surface area contributed by atoms with Gasteiger partial charge in [0.05, 0.1) is 26.8 Å². The second-order valence-electron chi connectivity index (χ2n) is 4.94. The zero-order valence-corrected chi connectivity index (χ0v) is 13.0. The minimum atomic E-state index is 0.269. The summed E-state index contributed by atoms with van der Waals surface area (Å²) in [5.74, 6) is 8.21. The lowest BCUT2D eigenvalue weighted by molar-refractivity contribution is 0.327. The molecule has 6 nitrogen and oxygen atoms in total. The second-order valence-corrected chi connectivity index (χ2v) is 4.94. The van der Waals surface area contributed by atoms with Crippen molar-refractivity contribution in [2.75, 3.05) is 26.8 Å². The van der Waals surface area contributed by atoms with E-state index in [1.54, 1.807) is 21.3 Å².